The van der Waals surface area contributed by atoms with Gasteiger partial charge in [-0.15, -0.1) is 0 Å². The van der Waals surface area contributed by atoms with E-state index in [1.807, 2.05) is 67.2 Å². The monoisotopic (exact) mass is 410 g/mol. The van der Waals surface area contributed by atoms with Crippen LogP contribution in [0.1, 0.15) is 89.0 Å². The third-order valence-corrected chi connectivity index (χ3v) is 5.06. The molecule has 1 unspecified atom stereocenters. The van der Waals surface area contributed by atoms with E-state index in [2.05, 4.69) is 19.2 Å². The number of rotatable bonds is 11. The lowest BCUT2D eigenvalue weighted by Gasteiger charge is -2.36. The van der Waals surface area contributed by atoms with Crippen molar-refractivity contribution in [1.82, 2.24) is 10.2 Å². The smallest absolute Gasteiger partial charge is 0.155 e. The van der Waals surface area contributed by atoms with Gasteiger partial charge < -0.3 is 5.32 Å². The fourth-order valence-corrected chi connectivity index (χ4v) is 2.79. The molecular formula is C24H46N2O3. The molecule has 0 rings (SSSR count). The van der Waals surface area contributed by atoms with Gasteiger partial charge in [0.05, 0.1) is 19.1 Å². The molecule has 0 spiro atoms. The molecule has 0 saturated carbocycles. The summed E-state index contributed by atoms with van der Waals surface area (Å²) >= 11 is 0. The summed E-state index contributed by atoms with van der Waals surface area (Å²) in [7, 11) is 0. The molecule has 0 aliphatic carbocycles. The Morgan fingerprint density at radius 2 is 1.17 bits per heavy atom. The highest BCUT2D eigenvalue weighted by Gasteiger charge is 2.37. The molecule has 1 N–H and O–H groups in total. The number of nitrogens with zero attached hydrogens (tertiary/aromatic N) is 1. The Balaban J connectivity index is 5.79. The second-order valence-electron chi connectivity index (χ2n) is 11.6. The summed E-state index contributed by atoms with van der Waals surface area (Å²) in [5, 5.41) is 3.38. The van der Waals surface area contributed by atoms with Crippen molar-refractivity contribution in [3.8, 4) is 0 Å². The minimum Gasteiger partial charge on any atom is -0.315 e. The first-order chi connectivity index (χ1) is 12.9. The van der Waals surface area contributed by atoms with Crippen molar-refractivity contribution < 1.29 is 14.4 Å². The maximum atomic E-state index is 13.3. The van der Waals surface area contributed by atoms with E-state index < -0.39 is 22.3 Å². The van der Waals surface area contributed by atoms with E-state index in [9.17, 15) is 14.4 Å². The number of carbonyl (C=O) groups excluding carboxylic acids is 3. The van der Waals surface area contributed by atoms with Crippen LogP contribution in [0.15, 0.2) is 0 Å². The molecule has 5 heteroatoms. The maximum absolute atomic E-state index is 13.3. The van der Waals surface area contributed by atoms with Crippen LogP contribution in [0.2, 0.25) is 0 Å². The number of Topliss-reactive ketones (excluding diaryl/α,β-unsaturated/α-hetero) is 3. The van der Waals surface area contributed by atoms with Crippen LogP contribution in [-0.4, -0.2) is 54.0 Å². The maximum Gasteiger partial charge on any atom is 0.155 e. The van der Waals surface area contributed by atoms with Crippen LogP contribution in [0.5, 0.6) is 0 Å². The van der Waals surface area contributed by atoms with Crippen LogP contribution in [0.3, 0.4) is 0 Å². The molecule has 170 valence electrons. The first-order valence-electron chi connectivity index (χ1n) is 11.0. The average molecular weight is 411 g/mol. The Hall–Kier alpha value is -1.07. The van der Waals surface area contributed by atoms with Gasteiger partial charge in [0.2, 0.25) is 0 Å². The number of nitrogens with one attached hydrogen (secondary N) is 1. The molecule has 0 saturated heterocycles. The van der Waals surface area contributed by atoms with Crippen molar-refractivity contribution >= 4 is 17.3 Å². The molecule has 1 atom stereocenters. The van der Waals surface area contributed by atoms with Gasteiger partial charge in [-0.3, -0.25) is 19.3 Å². The van der Waals surface area contributed by atoms with Gasteiger partial charge in [-0.2, -0.15) is 0 Å². The number of hydrogen-bond acceptors (Lipinski definition) is 5. The van der Waals surface area contributed by atoms with Crippen molar-refractivity contribution in [2.75, 3.05) is 19.6 Å². The van der Waals surface area contributed by atoms with Crippen LogP contribution in [0, 0.1) is 16.2 Å². The van der Waals surface area contributed by atoms with E-state index in [0.29, 0.717) is 12.5 Å². The highest BCUT2D eigenvalue weighted by atomic mass is 16.1. The van der Waals surface area contributed by atoms with Gasteiger partial charge in [-0.1, -0.05) is 76.2 Å². The zero-order valence-electron chi connectivity index (χ0n) is 20.9. The lowest BCUT2D eigenvalue weighted by Crippen LogP contribution is -2.52. The normalized spacial score (nSPS) is 14.4. The molecule has 0 aromatic carbocycles. The summed E-state index contributed by atoms with van der Waals surface area (Å²) in [5.74, 6) is 0.183. The second kappa shape index (κ2) is 10.8. The van der Waals surface area contributed by atoms with Crippen LogP contribution >= 0.6 is 0 Å². The number of hydrogen-bond donors (Lipinski definition) is 1. The first kappa shape index (κ1) is 27.9. The summed E-state index contributed by atoms with van der Waals surface area (Å²) in [6.07, 6.45) is 1.44. The molecule has 0 amide bonds. The van der Waals surface area contributed by atoms with E-state index in [1.165, 1.54) is 0 Å². The number of ketones is 3. The van der Waals surface area contributed by atoms with Crippen molar-refractivity contribution in [2.45, 2.75) is 101 Å². The average Bonchev–Trinajstić information content (AvgIpc) is 2.50. The molecule has 0 radical (unpaired) electrons. The van der Waals surface area contributed by atoms with Crippen molar-refractivity contribution in [3.05, 3.63) is 0 Å². The van der Waals surface area contributed by atoms with E-state index in [1.54, 1.807) is 0 Å². The Kier molecular flexibility index (Phi) is 10.4. The third-order valence-electron chi connectivity index (χ3n) is 5.06. The largest absolute Gasteiger partial charge is 0.315 e. The van der Waals surface area contributed by atoms with Crippen molar-refractivity contribution in [2.24, 2.45) is 16.2 Å². The Morgan fingerprint density at radius 1 is 0.759 bits per heavy atom. The molecule has 0 aromatic heterocycles. The van der Waals surface area contributed by atoms with E-state index in [4.69, 9.17) is 0 Å². The van der Waals surface area contributed by atoms with Gasteiger partial charge in [-0.05, 0) is 19.4 Å². The van der Waals surface area contributed by atoms with E-state index in [0.717, 1.165) is 13.0 Å². The van der Waals surface area contributed by atoms with E-state index >= 15 is 0 Å². The van der Waals surface area contributed by atoms with Crippen molar-refractivity contribution in [3.63, 3.8) is 0 Å². The van der Waals surface area contributed by atoms with Gasteiger partial charge in [0.25, 0.3) is 0 Å². The zero-order chi connectivity index (χ0) is 23.2. The molecular weight excluding hydrogens is 364 g/mol. The van der Waals surface area contributed by atoms with Gasteiger partial charge in [0.15, 0.2) is 17.3 Å². The quantitative estimate of drug-likeness (QED) is 0.515. The summed E-state index contributed by atoms with van der Waals surface area (Å²) in [6, 6.07) is -0.0608. The molecule has 0 bridgehead atoms. The predicted molar refractivity (Wildman–Crippen MR) is 121 cm³/mol. The summed E-state index contributed by atoms with van der Waals surface area (Å²) in [5.41, 5.74) is -1.57. The highest BCUT2D eigenvalue weighted by Crippen LogP contribution is 2.25. The topological polar surface area (TPSA) is 66.5 Å². The first-order valence-corrected chi connectivity index (χ1v) is 11.0. The standard InChI is InChI=1S/C24H46N2O3/c1-17(2)25-14-12-13-18(21(29)24(9,10)11)26(15-19(27)22(3,4)5)16-20(28)23(6,7)8/h17-18,25H,12-16H2,1-11H3. The van der Waals surface area contributed by atoms with Gasteiger partial charge in [-0.25, -0.2) is 0 Å². The second-order valence-corrected chi connectivity index (χ2v) is 11.6. The minimum absolute atomic E-state index is 0.0474. The fourth-order valence-electron chi connectivity index (χ4n) is 2.79. The van der Waals surface area contributed by atoms with Gasteiger partial charge in [0, 0.05) is 22.3 Å². The van der Waals surface area contributed by atoms with Crippen LogP contribution < -0.4 is 5.32 Å². The lowest BCUT2D eigenvalue weighted by atomic mass is 9.82. The zero-order valence-corrected chi connectivity index (χ0v) is 20.9. The summed E-state index contributed by atoms with van der Waals surface area (Å²) in [6.45, 7) is 22.2. The molecule has 5 nitrogen and oxygen atoms in total. The molecule has 29 heavy (non-hydrogen) atoms. The fraction of sp³-hybridized carbons (Fsp3) is 0.875. The molecule has 0 aliphatic heterocycles. The lowest BCUT2D eigenvalue weighted by molar-refractivity contribution is -0.137. The SMILES string of the molecule is CC(C)NCCCC(C(=O)C(C)(C)C)N(CC(=O)C(C)(C)C)CC(=O)C(C)(C)C. The molecule has 0 fully saturated rings. The molecule has 0 aromatic rings. The van der Waals surface area contributed by atoms with Crippen LogP contribution in [0.25, 0.3) is 0 Å². The summed E-state index contributed by atoms with van der Waals surface area (Å²) < 4.78 is 0. The van der Waals surface area contributed by atoms with Crippen molar-refractivity contribution in [1.29, 1.82) is 0 Å². The molecule has 0 aliphatic rings. The highest BCUT2D eigenvalue weighted by molar-refractivity contribution is 5.92. The minimum atomic E-state index is -0.538. The third kappa shape index (κ3) is 10.5. The Morgan fingerprint density at radius 3 is 1.48 bits per heavy atom. The molecule has 0 heterocycles. The predicted octanol–water partition coefficient (Wildman–Crippen LogP) is 4.28. The Bertz CT molecular complexity index is 532. The van der Waals surface area contributed by atoms with Gasteiger partial charge >= 0.3 is 0 Å². The number of carbonyl (C=O) groups is 3. The van der Waals surface area contributed by atoms with E-state index in [-0.39, 0.29) is 30.4 Å². The van der Waals surface area contributed by atoms with Crippen LogP contribution in [0.4, 0.5) is 0 Å². The summed E-state index contributed by atoms with van der Waals surface area (Å²) in [4.78, 5) is 40.8. The van der Waals surface area contributed by atoms with Gasteiger partial charge in [0.1, 0.15) is 0 Å². The Labute approximate surface area is 179 Å². The van der Waals surface area contributed by atoms with Crippen LogP contribution in [-0.2, 0) is 14.4 Å².